The Balaban J connectivity index is 2.13. The molecule has 0 aliphatic carbocycles. The number of rotatable bonds is 1. The Kier molecular flexibility index (Phi) is 3.34. The molecule has 4 aromatic rings. The third-order valence-corrected chi connectivity index (χ3v) is 4.40. The van der Waals surface area contributed by atoms with Gasteiger partial charge in [0.1, 0.15) is 0 Å². The van der Waals surface area contributed by atoms with Crippen LogP contribution in [0, 0.1) is 0 Å². The molecule has 2 aromatic heterocycles. The van der Waals surface area contributed by atoms with Crippen LogP contribution in [0.2, 0.25) is 0 Å². The first-order valence-electron chi connectivity index (χ1n) is 8.28. The van der Waals surface area contributed by atoms with Crippen molar-refractivity contribution in [3.63, 3.8) is 0 Å². The quantitative estimate of drug-likeness (QED) is 0.418. The Hall–Kier alpha value is -2.74. The molecule has 0 bridgehead atoms. The van der Waals surface area contributed by atoms with Crippen LogP contribution in [0.1, 0.15) is 26.5 Å². The predicted molar refractivity (Wildman–Crippen MR) is 101 cm³/mol. The number of fused-ring (bicyclic) bond motifs is 3. The minimum Gasteiger partial charge on any atom is -0.254 e. The molecule has 0 radical (unpaired) electrons. The van der Waals surface area contributed by atoms with E-state index in [0.29, 0.717) is 0 Å². The summed E-state index contributed by atoms with van der Waals surface area (Å²) < 4.78 is 0. The molecule has 0 N–H and O–H groups in total. The van der Waals surface area contributed by atoms with Gasteiger partial charge in [0.2, 0.25) is 0 Å². The summed E-state index contributed by atoms with van der Waals surface area (Å²) in [7, 11) is 0. The van der Waals surface area contributed by atoms with Gasteiger partial charge >= 0.3 is 0 Å². The van der Waals surface area contributed by atoms with Crippen LogP contribution in [0.4, 0.5) is 0 Å². The van der Waals surface area contributed by atoms with Crippen LogP contribution in [0.5, 0.6) is 0 Å². The molecule has 0 aliphatic rings. The summed E-state index contributed by atoms with van der Waals surface area (Å²) in [4.78, 5) is 9.60. The van der Waals surface area contributed by atoms with E-state index in [1.165, 1.54) is 11.1 Å². The Morgan fingerprint density at radius 3 is 2.33 bits per heavy atom. The normalized spacial score (nSPS) is 12.0. The lowest BCUT2D eigenvalue weighted by Gasteiger charge is -2.19. The van der Waals surface area contributed by atoms with Crippen molar-refractivity contribution in [1.29, 1.82) is 0 Å². The van der Waals surface area contributed by atoms with E-state index in [1.807, 2.05) is 18.3 Å². The Labute approximate surface area is 142 Å². The van der Waals surface area contributed by atoms with E-state index in [0.717, 1.165) is 27.5 Å². The molecule has 0 saturated carbocycles. The maximum Gasteiger partial charge on any atom is 0.0974 e. The van der Waals surface area contributed by atoms with E-state index in [9.17, 15) is 0 Å². The van der Waals surface area contributed by atoms with Gasteiger partial charge in [-0.2, -0.15) is 0 Å². The second-order valence-electron chi connectivity index (χ2n) is 7.21. The van der Waals surface area contributed by atoms with Crippen molar-refractivity contribution in [1.82, 2.24) is 9.97 Å². The molecule has 0 fully saturated rings. The van der Waals surface area contributed by atoms with Crippen LogP contribution in [-0.2, 0) is 5.41 Å². The number of hydrogen-bond acceptors (Lipinski definition) is 2. The van der Waals surface area contributed by atoms with Crippen molar-refractivity contribution in [3.05, 3.63) is 72.6 Å². The van der Waals surface area contributed by atoms with E-state index < -0.39 is 0 Å². The third kappa shape index (κ3) is 2.44. The zero-order chi connectivity index (χ0) is 16.7. The van der Waals surface area contributed by atoms with Crippen LogP contribution in [-0.4, -0.2) is 9.97 Å². The fourth-order valence-electron chi connectivity index (χ4n) is 3.10. The summed E-state index contributed by atoms with van der Waals surface area (Å²) >= 11 is 0. The smallest absolute Gasteiger partial charge is 0.0974 e. The van der Waals surface area contributed by atoms with Gasteiger partial charge in [0.05, 0.1) is 11.0 Å². The molecule has 24 heavy (non-hydrogen) atoms. The number of aromatic nitrogens is 2. The Morgan fingerprint density at radius 2 is 1.58 bits per heavy atom. The van der Waals surface area contributed by atoms with Crippen molar-refractivity contribution in [2.45, 2.75) is 26.2 Å². The van der Waals surface area contributed by atoms with E-state index in [4.69, 9.17) is 4.98 Å². The largest absolute Gasteiger partial charge is 0.254 e. The summed E-state index contributed by atoms with van der Waals surface area (Å²) in [6.07, 6.45) is 1.84. The van der Waals surface area contributed by atoms with Crippen LogP contribution in [0.25, 0.3) is 32.9 Å². The summed E-state index contributed by atoms with van der Waals surface area (Å²) in [6.45, 7) is 6.58. The van der Waals surface area contributed by atoms with Crippen molar-refractivity contribution in [2.75, 3.05) is 0 Å². The topological polar surface area (TPSA) is 25.8 Å². The molecule has 118 valence electrons. The standard InChI is InChI=1S/C22H20N2/c1-22(2,3)19-12-11-17-18(15-8-5-4-6-9-15)14-16-10-7-13-23-20(16)21(17)24-19/h4-14H,1-3H3. The van der Waals surface area contributed by atoms with Gasteiger partial charge in [-0.15, -0.1) is 0 Å². The highest BCUT2D eigenvalue weighted by Crippen LogP contribution is 2.34. The van der Waals surface area contributed by atoms with Crippen molar-refractivity contribution < 1.29 is 0 Å². The molecule has 0 amide bonds. The summed E-state index contributed by atoms with van der Waals surface area (Å²) in [6, 6.07) is 21.1. The van der Waals surface area contributed by atoms with Gasteiger partial charge < -0.3 is 0 Å². The second kappa shape index (κ2) is 5.41. The van der Waals surface area contributed by atoms with E-state index in [-0.39, 0.29) is 5.41 Å². The lowest BCUT2D eigenvalue weighted by molar-refractivity contribution is 0.571. The summed E-state index contributed by atoms with van der Waals surface area (Å²) in [5, 5.41) is 2.28. The van der Waals surface area contributed by atoms with E-state index >= 15 is 0 Å². The van der Waals surface area contributed by atoms with Crippen LogP contribution >= 0.6 is 0 Å². The van der Waals surface area contributed by atoms with Gasteiger partial charge in [0, 0.05) is 28.1 Å². The minimum atomic E-state index is 0.0119. The first-order chi connectivity index (χ1) is 11.5. The number of benzene rings is 2. The zero-order valence-electron chi connectivity index (χ0n) is 14.2. The van der Waals surface area contributed by atoms with Crippen molar-refractivity contribution in [3.8, 4) is 11.1 Å². The molecule has 0 aliphatic heterocycles. The highest BCUT2D eigenvalue weighted by molar-refractivity contribution is 6.10. The van der Waals surface area contributed by atoms with Crippen LogP contribution < -0.4 is 0 Å². The molecular formula is C22H20N2. The summed E-state index contributed by atoms with van der Waals surface area (Å²) in [5.41, 5.74) is 5.47. The van der Waals surface area contributed by atoms with Crippen LogP contribution in [0.15, 0.2) is 66.9 Å². The van der Waals surface area contributed by atoms with Gasteiger partial charge in [-0.25, -0.2) is 4.98 Å². The molecule has 4 rings (SSSR count). The maximum absolute atomic E-state index is 5.00. The average molecular weight is 312 g/mol. The lowest BCUT2D eigenvalue weighted by Crippen LogP contribution is -2.13. The fourth-order valence-corrected chi connectivity index (χ4v) is 3.10. The van der Waals surface area contributed by atoms with Crippen molar-refractivity contribution >= 4 is 21.8 Å². The van der Waals surface area contributed by atoms with E-state index in [1.54, 1.807) is 0 Å². The second-order valence-corrected chi connectivity index (χ2v) is 7.21. The monoisotopic (exact) mass is 312 g/mol. The average Bonchev–Trinajstić information content (AvgIpc) is 2.60. The predicted octanol–water partition coefficient (Wildman–Crippen LogP) is 5.75. The third-order valence-electron chi connectivity index (χ3n) is 4.40. The Bertz CT molecular complexity index is 1030. The fraction of sp³-hybridized carbons (Fsp3) is 0.182. The van der Waals surface area contributed by atoms with E-state index in [2.05, 4.69) is 74.3 Å². The highest BCUT2D eigenvalue weighted by Gasteiger charge is 2.18. The maximum atomic E-state index is 5.00. The molecule has 0 unspecified atom stereocenters. The SMILES string of the molecule is CC(C)(C)c1ccc2c(-c3ccccc3)cc3cccnc3c2n1. The molecule has 0 atom stereocenters. The van der Waals surface area contributed by atoms with Crippen LogP contribution in [0.3, 0.4) is 0 Å². The lowest BCUT2D eigenvalue weighted by atomic mass is 9.90. The molecule has 2 aromatic carbocycles. The summed E-state index contributed by atoms with van der Waals surface area (Å²) in [5.74, 6) is 0. The zero-order valence-corrected chi connectivity index (χ0v) is 14.2. The first-order valence-corrected chi connectivity index (χ1v) is 8.28. The number of hydrogen-bond donors (Lipinski definition) is 0. The number of pyridine rings is 2. The van der Waals surface area contributed by atoms with Gasteiger partial charge in [0.15, 0.2) is 0 Å². The number of nitrogens with zero attached hydrogens (tertiary/aromatic N) is 2. The minimum absolute atomic E-state index is 0.0119. The molecular weight excluding hydrogens is 292 g/mol. The van der Waals surface area contributed by atoms with Gasteiger partial charge in [-0.1, -0.05) is 63.2 Å². The molecule has 0 spiro atoms. The molecule has 2 heterocycles. The highest BCUT2D eigenvalue weighted by atomic mass is 14.8. The molecule has 2 nitrogen and oxygen atoms in total. The van der Waals surface area contributed by atoms with Crippen molar-refractivity contribution in [2.24, 2.45) is 0 Å². The Morgan fingerprint density at radius 1 is 0.792 bits per heavy atom. The molecule has 2 heteroatoms. The van der Waals surface area contributed by atoms with Gasteiger partial charge in [0.25, 0.3) is 0 Å². The van der Waals surface area contributed by atoms with Gasteiger partial charge in [-0.3, -0.25) is 4.98 Å². The van der Waals surface area contributed by atoms with Gasteiger partial charge in [-0.05, 0) is 29.3 Å². The molecule has 0 saturated heterocycles. The first kappa shape index (κ1) is 14.8.